The molecule has 0 saturated carbocycles. The van der Waals surface area contributed by atoms with Crippen molar-refractivity contribution >= 4 is 21.6 Å². The minimum atomic E-state index is -0.208. The molecule has 1 unspecified atom stereocenters. The van der Waals surface area contributed by atoms with Gasteiger partial charge >= 0.3 is 0 Å². The molecule has 1 fully saturated rings. The second kappa shape index (κ2) is 5.64. The van der Waals surface area contributed by atoms with Crippen LogP contribution >= 0.6 is 15.9 Å². The zero-order chi connectivity index (χ0) is 11.4. The van der Waals surface area contributed by atoms with Crippen LogP contribution in [0.4, 0.5) is 10.1 Å². The second-order valence-electron chi connectivity index (χ2n) is 4.15. The van der Waals surface area contributed by atoms with Gasteiger partial charge in [0.05, 0.1) is 0 Å². The lowest BCUT2D eigenvalue weighted by atomic mass is 10.1. The Hall–Kier alpha value is -0.610. The van der Waals surface area contributed by atoms with Crippen LogP contribution in [0.25, 0.3) is 0 Å². The van der Waals surface area contributed by atoms with Crippen molar-refractivity contribution in [1.82, 2.24) is 5.32 Å². The molecule has 16 heavy (non-hydrogen) atoms. The van der Waals surface area contributed by atoms with E-state index < -0.39 is 0 Å². The van der Waals surface area contributed by atoms with Crippen LogP contribution < -0.4 is 10.6 Å². The van der Waals surface area contributed by atoms with Crippen LogP contribution in [0, 0.1) is 5.82 Å². The molecule has 2 rings (SSSR count). The van der Waals surface area contributed by atoms with E-state index in [1.165, 1.54) is 18.6 Å². The van der Waals surface area contributed by atoms with E-state index in [9.17, 15) is 4.39 Å². The third-order valence-corrected chi connectivity index (χ3v) is 3.52. The monoisotopic (exact) mass is 286 g/mol. The van der Waals surface area contributed by atoms with Crippen LogP contribution in [0.2, 0.25) is 0 Å². The van der Waals surface area contributed by atoms with Crippen LogP contribution in [0.15, 0.2) is 22.7 Å². The Morgan fingerprint density at radius 1 is 1.31 bits per heavy atom. The maximum absolute atomic E-state index is 12.9. The molecule has 0 aromatic heterocycles. The summed E-state index contributed by atoms with van der Waals surface area (Å²) in [5, 5.41) is 6.84. The summed E-state index contributed by atoms with van der Waals surface area (Å²) in [5.41, 5.74) is 0.980. The second-order valence-corrected chi connectivity index (χ2v) is 5.00. The Kier molecular flexibility index (Phi) is 4.18. The fourth-order valence-electron chi connectivity index (χ4n) is 1.99. The summed E-state index contributed by atoms with van der Waals surface area (Å²) in [6.45, 7) is 2.15. The fraction of sp³-hybridized carbons (Fsp3) is 0.500. The minimum absolute atomic E-state index is 0.208. The number of hydrogen-bond acceptors (Lipinski definition) is 2. The maximum atomic E-state index is 12.9. The van der Waals surface area contributed by atoms with E-state index in [1.54, 1.807) is 6.07 Å². The highest BCUT2D eigenvalue weighted by Gasteiger charge is 2.12. The normalized spacial score (nSPS) is 21.5. The molecule has 2 N–H and O–H groups in total. The zero-order valence-corrected chi connectivity index (χ0v) is 10.7. The molecule has 0 radical (unpaired) electrons. The van der Waals surface area contributed by atoms with E-state index in [0.29, 0.717) is 6.04 Å². The first-order valence-electron chi connectivity index (χ1n) is 5.68. The van der Waals surface area contributed by atoms with Crippen LogP contribution in [0.3, 0.4) is 0 Å². The number of nitrogens with one attached hydrogen (secondary N) is 2. The molecule has 1 aromatic rings. The molecule has 0 spiro atoms. The van der Waals surface area contributed by atoms with Crippen molar-refractivity contribution in [3.63, 3.8) is 0 Å². The SMILES string of the molecule is Fc1ccc(NC2CCCNCC2)c(Br)c1. The summed E-state index contributed by atoms with van der Waals surface area (Å²) in [5.74, 6) is -0.208. The Balaban J connectivity index is 2.01. The number of anilines is 1. The van der Waals surface area contributed by atoms with Gasteiger partial charge in [0.15, 0.2) is 0 Å². The third kappa shape index (κ3) is 3.19. The molecule has 0 bridgehead atoms. The molecule has 88 valence electrons. The van der Waals surface area contributed by atoms with E-state index in [0.717, 1.165) is 36.1 Å². The molecule has 1 aromatic carbocycles. The lowest BCUT2D eigenvalue weighted by Gasteiger charge is -2.18. The van der Waals surface area contributed by atoms with Gasteiger partial charge in [-0.15, -0.1) is 0 Å². The molecule has 1 atom stereocenters. The predicted molar refractivity (Wildman–Crippen MR) is 68.2 cm³/mol. The average Bonchev–Trinajstić information content (AvgIpc) is 2.51. The number of benzene rings is 1. The van der Waals surface area contributed by atoms with E-state index in [1.807, 2.05) is 0 Å². The lowest BCUT2D eigenvalue weighted by molar-refractivity contribution is 0.623. The van der Waals surface area contributed by atoms with Crippen LogP contribution in [-0.4, -0.2) is 19.1 Å². The van der Waals surface area contributed by atoms with Gasteiger partial charge in [-0.2, -0.15) is 0 Å². The van der Waals surface area contributed by atoms with Gasteiger partial charge in [0.1, 0.15) is 5.82 Å². The predicted octanol–water partition coefficient (Wildman–Crippen LogP) is 3.14. The van der Waals surface area contributed by atoms with Gasteiger partial charge in [-0.1, -0.05) is 0 Å². The van der Waals surface area contributed by atoms with Crippen molar-refractivity contribution in [2.45, 2.75) is 25.3 Å². The highest BCUT2D eigenvalue weighted by molar-refractivity contribution is 9.10. The maximum Gasteiger partial charge on any atom is 0.124 e. The largest absolute Gasteiger partial charge is 0.381 e. The van der Waals surface area contributed by atoms with Gasteiger partial charge in [-0.25, -0.2) is 4.39 Å². The topological polar surface area (TPSA) is 24.1 Å². The zero-order valence-electron chi connectivity index (χ0n) is 9.10. The molecule has 1 heterocycles. The Morgan fingerprint density at radius 2 is 2.19 bits per heavy atom. The molecule has 4 heteroatoms. The molecule has 0 amide bonds. The lowest BCUT2D eigenvalue weighted by Crippen LogP contribution is -2.21. The van der Waals surface area contributed by atoms with Crippen LogP contribution in [0.5, 0.6) is 0 Å². The van der Waals surface area contributed by atoms with Gasteiger partial charge in [0.2, 0.25) is 0 Å². The van der Waals surface area contributed by atoms with Crippen LogP contribution in [0.1, 0.15) is 19.3 Å². The van der Waals surface area contributed by atoms with E-state index in [2.05, 4.69) is 26.6 Å². The molecule has 1 saturated heterocycles. The Labute approximate surface area is 104 Å². The summed E-state index contributed by atoms with van der Waals surface area (Å²) in [4.78, 5) is 0. The minimum Gasteiger partial charge on any atom is -0.381 e. The summed E-state index contributed by atoms with van der Waals surface area (Å²) in [7, 11) is 0. The Morgan fingerprint density at radius 3 is 3.00 bits per heavy atom. The highest BCUT2D eigenvalue weighted by Crippen LogP contribution is 2.25. The molecular weight excluding hydrogens is 271 g/mol. The quantitative estimate of drug-likeness (QED) is 0.873. The van der Waals surface area contributed by atoms with Gasteiger partial charge in [0.25, 0.3) is 0 Å². The first kappa shape index (κ1) is 11.9. The summed E-state index contributed by atoms with van der Waals surface area (Å²) >= 11 is 3.38. The standard InChI is InChI=1S/C12H16BrFN2/c13-11-8-9(14)3-4-12(11)16-10-2-1-6-15-7-5-10/h3-4,8,10,15-16H,1-2,5-7H2. The molecular formula is C12H16BrFN2. The Bertz CT molecular complexity index is 349. The van der Waals surface area contributed by atoms with Crippen molar-refractivity contribution < 1.29 is 4.39 Å². The first-order chi connectivity index (χ1) is 7.75. The molecule has 2 nitrogen and oxygen atoms in total. The van der Waals surface area contributed by atoms with Gasteiger partial charge in [-0.3, -0.25) is 0 Å². The van der Waals surface area contributed by atoms with E-state index in [-0.39, 0.29) is 5.82 Å². The van der Waals surface area contributed by atoms with Gasteiger partial charge < -0.3 is 10.6 Å². The fourth-order valence-corrected chi connectivity index (χ4v) is 2.46. The molecule has 0 aliphatic carbocycles. The van der Waals surface area contributed by atoms with Gasteiger partial charge in [-0.05, 0) is 66.5 Å². The first-order valence-corrected chi connectivity index (χ1v) is 6.47. The number of rotatable bonds is 2. The van der Waals surface area contributed by atoms with Crippen molar-refractivity contribution in [2.24, 2.45) is 0 Å². The highest BCUT2D eigenvalue weighted by atomic mass is 79.9. The summed E-state index contributed by atoms with van der Waals surface area (Å²) < 4.78 is 13.7. The van der Waals surface area contributed by atoms with E-state index >= 15 is 0 Å². The van der Waals surface area contributed by atoms with Crippen molar-refractivity contribution in [1.29, 1.82) is 0 Å². The number of hydrogen-bond donors (Lipinski definition) is 2. The van der Waals surface area contributed by atoms with Crippen molar-refractivity contribution in [3.8, 4) is 0 Å². The van der Waals surface area contributed by atoms with Gasteiger partial charge in [0, 0.05) is 16.2 Å². The third-order valence-electron chi connectivity index (χ3n) is 2.87. The van der Waals surface area contributed by atoms with Crippen LogP contribution in [-0.2, 0) is 0 Å². The smallest absolute Gasteiger partial charge is 0.124 e. The molecule has 1 aliphatic rings. The van der Waals surface area contributed by atoms with E-state index in [4.69, 9.17) is 0 Å². The van der Waals surface area contributed by atoms with Crippen molar-refractivity contribution in [2.75, 3.05) is 18.4 Å². The molecule has 1 aliphatic heterocycles. The summed E-state index contributed by atoms with van der Waals surface area (Å²) in [6.07, 6.45) is 3.47. The van der Waals surface area contributed by atoms with Crippen molar-refractivity contribution in [3.05, 3.63) is 28.5 Å². The number of halogens is 2. The summed E-state index contributed by atoms with van der Waals surface area (Å²) in [6, 6.07) is 5.26. The average molecular weight is 287 g/mol.